The second-order valence-electron chi connectivity index (χ2n) is 24.0. The highest BCUT2D eigenvalue weighted by Crippen LogP contribution is 2.71. The summed E-state index contributed by atoms with van der Waals surface area (Å²) in [5.41, 5.74) is -0.424. The number of aliphatic hydroxyl groups is 15. The molecular formula is C50H84O24. The Labute approximate surface area is 430 Å². The van der Waals surface area contributed by atoms with E-state index in [9.17, 15) is 76.6 Å². The summed E-state index contributed by atoms with van der Waals surface area (Å²) in [6.07, 6.45) is -25.2. The lowest BCUT2D eigenvalue weighted by Crippen LogP contribution is -2.65. The zero-order valence-electron chi connectivity index (χ0n) is 42.5. The third-order valence-electron chi connectivity index (χ3n) is 19.7. The van der Waals surface area contributed by atoms with E-state index in [1.807, 2.05) is 6.92 Å². The first kappa shape index (κ1) is 57.7. The number of hydrogen-bond acceptors (Lipinski definition) is 24. The highest BCUT2D eigenvalue weighted by atomic mass is 16.8. The summed E-state index contributed by atoms with van der Waals surface area (Å²) in [6, 6.07) is 0. The van der Waals surface area contributed by atoms with E-state index in [1.54, 1.807) is 0 Å². The number of hydrogen-bond donors (Lipinski definition) is 15. The normalized spacial score (nSPS) is 56.0. The number of ether oxygens (including phenoxy) is 9. The molecule has 0 aromatic heterocycles. The molecule has 5 heterocycles. The van der Waals surface area contributed by atoms with E-state index in [-0.39, 0.29) is 71.6 Å². The van der Waals surface area contributed by atoms with Crippen LogP contribution in [0.5, 0.6) is 0 Å². The molecule has 74 heavy (non-hydrogen) atoms. The maximum atomic E-state index is 12.2. The average Bonchev–Trinajstić information content (AvgIpc) is 3.81. The first-order valence-corrected chi connectivity index (χ1v) is 26.9. The van der Waals surface area contributed by atoms with Crippen LogP contribution in [0.4, 0.5) is 0 Å². The van der Waals surface area contributed by atoms with Gasteiger partial charge in [-0.2, -0.15) is 0 Å². The Balaban J connectivity index is 0.819. The van der Waals surface area contributed by atoms with Crippen LogP contribution >= 0.6 is 0 Å². The lowest BCUT2D eigenvalue weighted by molar-refractivity contribution is -0.370. The quantitative estimate of drug-likeness (QED) is 0.0689. The minimum absolute atomic E-state index is 0.0828. The predicted molar refractivity (Wildman–Crippen MR) is 247 cm³/mol. The van der Waals surface area contributed by atoms with Crippen LogP contribution in [0, 0.1) is 52.3 Å². The van der Waals surface area contributed by atoms with E-state index in [2.05, 4.69) is 20.8 Å². The second-order valence-corrected chi connectivity index (χ2v) is 24.0. The van der Waals surface area contributed by atoms with Gasteiger partial charge in [0.2, 0.25) is 0 Å². The van der Waals surface area contributed by atoms with Gasteiger partial charge in [-0.3, -0.25) is 0 Å². The topological polar surface area (TPSA) is 387 Å². The zero-order chi connectivity index (χ0) is 53.5. The van der Waals surface area contributed by atoms with Crippen molar-refractivity contribution in [3.05, 3.63) is 0 Å². The van der Waals surface area contributed by atoms with Crippen molar-refractivity contribution in [1.82, 2.24) is 0 Å². The van der Waals surface area contributed by atoms with Crippen LogP contribution in [-0.4, -0.2) is 250 Å². The Hall–Kier alpha value is -0.960. The molecule has 0 bridgehead atoms. The van der Waals surface area contributed by atoms with Gasteiger partial charge in [-0.15, -0.1) is 0 Å². The summed E-state index contributed by atoms with van der Waals surface area (Å²) in [5.74, 6) is -1.04. The third-order valence-corrected chi connectivity index (χ3v) is 19.7. The van der Waals surface area contributed by atoms with Gasteiger partial charge < -0.3 is 119 Å². The van der Waals surface area contributed by atoms with E-state index in [1.165, 1.54) is 0 Å². The van der Waals surface area contributed by atoms with Crippen LogP contribution in [0.2, 0.25) is 0 Å². The van der Waals surface area contributed by atoms with E-state index in [0.717, 1.165) is 19.3 Å². The molecule has 5 saturated heterocycles. The van der Waals surface area contributed by atoms with Gasteiger partial charge in [0.15, 0.2) is 30.9 Å². The van der Waals surface area contributed by atoms with Gasteiger partial charge in [0.05, 0.1) is 51.3 Å². The smallest absolute Gasteiger partial charge is 0.187 e. The van der Waals surface area contributed by atoms with Crippen molar-refractivity contribution in [2.45, 2.75) is 226 Å². The molecule has 5 aliphatic heterocycles. The molecule has 428 valence electrons. The molecule has 0 radical (unpaired) electrons. The fourth-order valence-electron chi connectivity index (χ4n) is 15.3. The number of fused-ring (bicyclic) bond motifs is 7. The van der Waals surface area contributed by atoms with Gasteiger partial charge >= 0.3 is 0 Å². The van der Waals surface area contributed by atoms with E-state index in [0.29, 0.717) is 38.5 Å². The summed E-state index contributed by atoms with van der Waals surface area (Å²) < 4.78 is 53.3. The lowest BCUT2D eigenvalue weighted by atomic mass is 9.43. The summed E-state index contributed by atoms with van der Waals surface area (Å²) in [5, 5.41) is 160. The Morgan fingerprint density at radius 3 is 1.85 bits per heavy atom. The maximum absolute atomic E-state index is 12.2. The van der Waals surface area contributed by atoms with Gasteiger partial charge in [0, 0.05) is 12.3 Å². The Bertz CT molecular complexity index is 1860. The Morgan fingerprint density at radius 1 is 0.581 bits per heavy atom. The molecule has 9 rings (SSSR count). The van der Waals surface area contributed by atoms with Crippen LogP contribution < -0.4 is 0 Å². The minimum atomic E-state index is -1.87. The van der Waals surface area contributed by atoms with E-state index < -0.39 is 155 Å². The third kappa shape index (κ3) is 10.4. The molecule has 0 spiro atoms. The summed E-state index contributed by atoms with van der Waals surface area (Å²) in [7, 11) is 0. The highest BCUT2D eigenvalue weighted by Gasteiger charge is 2.69. The van der Waals surface area contributed by atoms with Gasteiger partial charge in [-0.05, 0) is 97.7 Å². The minimum Gasteiger partial charge on any atom is -0.394 e. The van der Waals surface area contributed by atoms with Crippen molar-refractivity contribution in [3.63, 3.8) is 0 Å². The molecule has 0 aromatic rings. The molecule has 32 unspecified atom stereocenters. The summed E-state index contributed by atoms with van der Waals surface area (Å²) in [6.45, 7) is 6.50. The molecule has 0 amide bonds. The molecule has 9 aliphatic rings. The van der Waals surface area contributed by atoms with E-state index >= 15 is 0 Å². The molecule has 4 aliphatic carbocycles. The van der Waals surface area contributed by atoms with Crippen LogP contribution in [-0.2, 0) is 42.6 Å². The highest BCUT2D eigenvalue weighted by molar-refractivity contribution is 5.16. The summed E-state index contributed by atoms with van der Waals surface area (Å²) >= 11 is 0. The van der Waals surface area contributed by atoms with Crippen LogP contribution in [0.1, 0.15) is 85.5 Å². The van der Waals surface area contributed by atoms with Crippen molar-refractivity contribution >= 4 is 0 Å². The standard InChI is InChI=1S/C50H84O24/c1-19(16-66-45-40(62)36(58)34(56)29(14-51)70-45)5-10-50(65)20(2)32-28(74-50)13-24-22-12-26(53)25-11-21(6-8-48(25,3)23(22)7-9-49(24,32)4)69-46-42(64)38(60)43(73-47-41(63)37(59)35(57)30(15-52)71-47)31(72-46)18-68-44-39(61)33(55)27(54)17-67-44/h19-47,51-65H,5-18H2,1-4H3. The number of rotatable bonds is 15. The van der Waals surface area contributed by atoms with Crippen LogP contribution in [0.25, 0.3) is 0 Å². The van der Waals surface area contributed by atoms with Crippen molar-refractivity contribution in [2.75, 3.05) is 33.0 Å². The Kier molecular flexibility index (Phi) is 17.6. The second kappa shape index (κ2) is 22.5. The fourth-order valence-corrected chi connectivity index (χ4v) is 15.3. The molecule has 24 heteroatoms. The molecule has 0 aromatic carbocycles. The SMILES string of the molecule is CC(CCC1(O)OC2CC3C4CC(O)C5CC(OC6OC(COC7OCC(O)C(O)C7O)C(OC7OC(CO)C(O)C(O)C7O)C(O)C6O)CCC5(C)C4CCC3(C)C2C1C)COC1OC(CO)C(O)C(O)C1O. The lowest BCUT2D eigenvalue weighted by Gasteiger charge is -2.62. The Morgan fingerprint density at radius 2 is 1.18 bits per heavy atom. The fraction of sp³-hybridized carbons (Fsp3) is 1.00. The molecule has 32 atom stereocenters. The molecular weight excluding hydrogens is 985 g/mol. The van der Waals surface area contributed by atoms with E-state index in [4.69, 9.17) is 42.6 Å². The van der Waals surface area contributed by atoms with Crippen molar-refractivity contribution in [1.29, 1.82) is 0 Å². The molecule has 24 nitrogen and oxygen atoms in total. The monoisotopic (exact) mass is 1070 g/mol. The first-order chi connectivity index (χ1) is 35.0. The van der Waals surface area contributed by atoms with Crippen molar-refractivity contribution in [2.24, 2.45) is 52.3 Å². The molecule has 15 N–H and O–H groups in total. The zero-order valence-corrected chi connectivity index (χ0v) is 42.5. The predicted octanol–water partition coefficient (Wildman–Crippen LogP) is -4.35. The molecule has 4 saturated carbocycles. The largest absolute Gasteiger partial charge is 0.394 e. The molecule has 9 fully saturated rings. The average molecular weight is 1070 g/mol. The van der Waals surface area contributed by atoms with Crippen LogP contribution in [0.15, 0.2) is 0 Å². The maximum Gasteiger partial charge on any atom is 0.187 e. The van der Waals surface area contributed by atoms with Crippen molar-refractivity contribution in [3.8, 4) is 0 Å². The van der Waals surface area contributed by atoms with Gasteiger partial charge in [0.25, 0.3) is 0 Å². The van der Waals surface area contributed by atoms with Gasteiger partial charge in [0.1, 0.15) is 91.6 Å². The van der Waals surface area contributed by atoms with Gasteiger partial charge in [-0.1, -0.05) is 27.7 Å². The number of aliphatic hydroxyl groups excluding tert-OH is 14. The van der Waals surface area contributed by atoms with Gasteiger partial charge in [-0.25, -0.2) is 0 Å². The van der Waals surface area contributed by atoms with Crippen LogP contribution in [0.3, 0.4) is 0 Å². The van der Waals surface area contributed by atoms with Crippen molar-refractivity contribution < 1.29 is 119 Å². The summed E-state index contributed by atoms with van der Waals surface area (Å²) in [4.78, 5) is 0. The first-order valence-electron chi connectivity index (χ1n) is 26.9.